The Morgan fingerprint density at radius 1 is 1.28 bits per heavy atom. The standard InChI is InChI=1S/C14H17F3N6O5S/c1-23(2)29(25,26)27-8-7-18-12-11(21-28-22-12)13(20-24)19-10-5-3-9(4-6-10)14(15,16)17/h3-6,24H,7-8H2,1-2H3,(H,18,22)(H,19,20). The number of aromatic nitrogens is 2. The van der Waals surface area contributed by atoms with Crippen LogP contribution < -0.4 is 10.8 Å². The van der Waals surface area contributed by atoms with E-state index in [-0.39, 0.29) is 36.2 Å². The van der Waals surface area contributed by atoms with Gasteiger partial charge >= 0.3 is 16.5 Å². The molecule has 15 heteroatoms. The van der Waals surface area contributed by atoms with Crippen LogP contribution >= 0.6 is 0 Å². The van der Waals surface area contributed by atoms with Crippen LogP contribution in [0.15, 0.2) is 33.9 Å². The largest absolute Gasteiger partial charge is 0.416 e. The Bertz CT molecular complexity index is 943. The zero-order valence-electron chi connectivity index (χ0n) is 15.1. The summed E-state index contributed by atoms with van der Waals surface area (Å²) in [6.07, 6.45) is -4.49. The summed E-state index contributed by atoms with van der Waals surface area (Å²) in [5, 5.41) is 19.1. The van der Waals surface area contributed by atoms with Crippen LogP contribution in [0.2, 0.25) is 0 Å². The molecule has 0 unspecified atom stereocenters. The van der Waals surface area contributed by atoms with E-state index in [0.717, 1.165) is 28.6 Å². The molecule has 11 nitrogen and oxygen atoms in total. The fourth-order valence-corrected chi connectivity index (χ4v) is 2.37. The molecular weight excluding hydrogens is 421 g/mol. The van der Waals surface area contributed by atoms with Gasteiger partial charge in [-0.15, -0.1) is 0 Å². The Balaban J connectivity index is 2.09. The van der Waals surface area contributed by atoms with Crippen LogP contribution in [0.25, 0.3) is 0 Å². The van der Waals surface area contributed by atoms with E-state index in [9.17, 15) is 26.8 Å². The molecule has 160 valence electrons. The van der Waals surface area contributed by atoms with Crippen LogP contribution in [0, 0.1) is 0 Å². The Morgan fingerprint density at radius 3 is 2.48 bits per heavy atom. The molecule has 0 amide bonds. The van der Waals surface area contributed by atoms with Crippen molar-refractivity contribution in [3.05, 3.63) is 35.5 Å². The first-order valence-corrected chi connectivity index (χ1v) is 9.21. The molecule has 0 aliphatic heterocycles. The average Bonchev–Trinajstić information content (AvgIpc) is 3.11. The van der Waals surface area contributed by atoms with Crippen molar-refractivity contribution in [3.8, 4) is 0 Å². The van der Waals surface area contributed by atoms with E-state index in [1.165, 1.54) is 14.1 Å². The SMILES string of the molecule is CN(C)S(=O)(=O)OCCNc1nonc1C(=Nc1ccc(C(F)(F)F)cc1)NO. The first-order chi connectivity index (χ1) is 13.5. The van der Waals surface area contributed by atoms with Crippen molar-refractivity contribution >= 4 is 27.6 Å². The van der Waals surface area contributed by atoms with Gasteiger partial charge in [0.05, 0.1) is 17.9 Å². The van der Waals surface area contributed by atoms with Crippen LogP contribution in [0.1, 0.15) is 11.3 Å². The minimum Gasteiger partial charge on any atom is -0.363 e. The molecular formula is C14H17F3N6O5S. The van der Waals surface area contributed by atoms with E-state index in [4.69, 9.17) is 4.18 Å². The van der Waals surface area contributed by atoms with E-state index >= 15 is 0 Å². The molecule has 1 heterocycles. The highest BCUT2D eigenvalue weighted by Crippen LogP contribution is 2.30. The highest BCUT2D eigenvalue weighted by Gasteiger charge is 2.30. The van der Waals surface area contributed by atoms with Crippen LogP contribution in [0.3, 0.4) is 0 Å². The van der Waals surface area contributed by atoms with Crippen molar-refractivity contribution in [1.82, 2.24) is 20.1 Å². The Hall–Kier alpha value is -2.75. The highest BCUT2D eigenvalue weighted by atomic mass is 32.2. The summed E-state index contributed by atoms with van der Waals surface area (Å²) < 4.78 is 71.0. The number of nitrogens with one attached hydrogen (secondary N) is 2. The third kappa shape index (κ3) is 6.11. The van der Waals surface area contributed by atoms with Gasteiger partial charge < -0.3 is 5.32 Å². The maximum atomic E-state index is 12.6. The molecule has 3 N–H and O–H groups in total. The zero-order valence-corrected chi connectivity index (χ0v) is 16.0. The van der Waals surface area contributed by atoms with Gasteiger partial charge in [-0.3, -0.25) is 14.9 Å². The van der Waals surface area contributed by atoms with Crippen molar-refractivity contribution in [3.63, 3.8) is 0 Å². The molecule has 0 aliphatic rings. The fraction of sp³-hybridized carbons (Fsp3) is 0.357. The summed E-state index contributed by atoms with van der Waals surface area (Å²) in [7, 11) is -1.24. The topological polar surface area (TPSA) is 142 Å². The number of halogens is 3. The second-order valence-electron chi connectivity index (χ2n) is 5.57. The van der Waals surface area contributed by atoms with Crippen molar-refractivity contribution in [2.75, 3.05) is 32.6 Å². The lowest BCUT2D eigenvalue weighted by atomic mass is 10.2. The van der Waals surface area contributed by atoms with Gasteiger partial charge in [0.2, 0.25) is 5.82 Å². The van der Waals surface area contributed by atoms with Crippen molar-refractivity contribution < 1.29 is 35.6 Å². The van der Waals surface area contributed by atoms with Gasteiger partial charge in [-0.1, -0.05) is 0 Å². The second-order valence-corrected chi connectivity index (χ2v) is 7.39. The highest BCUT2D eigenvalue weighted by molar-refractivity contribution is 7.84. The average molecular weight is 438 g/mol. The number of alkyl halides is 3. The number of hydroxylamine groups is 1. The van der Waals surface area contributed by atoms with E-state index in [2.05, 4.69) is 25.3 Å². The van der Waals surface area contributed by atoms with Crippen LogP contribution in [0.4, 0.5) is 24.7 Å². The Morgan fingerprint density at radius 2 is 1.93 bits per heavy atom. The van der Waals surface area contributed by atoms with E-state index in [1.54, 1.807) is 5.48 Å². The van der Waals surface area contributed by atoms with E-state index < -0.39 is 22.0 Å². The predicted molar refractivity (Wildman–Crippen MR) is 93.9 cm³/mol. The Kier molecular flexibility index (Phi) is 7.12. The number of hydrogen-bond acceptors (Lipinski definition) is 9. The molecule has 1 aromatic carbocycles. The summed E-state index contributed by atoms with van der Waals surface area (Å²) in [4.78, 5) is 3.95. The van der Waals surface area contributed by atoms with Crippen molar-refractivity contribution in [2.24, 2.45) is 4.99 Å². The van der Waals surface area contributed by atoms with Crippen molar-refractivity contribution in [2.45, 2.75) is 6.18 Å². The number of aliphatic imine (C=N–C) groups is 1. The minimum atomic E-state index is -4.49. The number of amidine groups is 1. The molecule has 0 aliphatic carbocycles. The molecule has 2 aromatic rings. The molecule has 0 bridgehead atoms. The quantitative estimate of drug-likeness (QED) is 0.241. The lowest BCUT2D eigenvalue weighted by molar-refractivity contribution is -0.137. The lowest BCUT2D eigenvalue weighted by Crippen LogP contribution is -2.27. The van der Waals surface area contributed by atoms with Gasteiger partial charge in [-0.25, -0.2) is 9.62 Å². The Labute approximate surface area is 163 Å². The maximum absolute atomic E-state index is 12.6. The summed E-state index contributed by atoms with van der Waals surface area (Å²) >= 11 is 0. The third-order valence-corrected chi connectivity index (χ3v) is 4.69. The van der Waals surface area contributed by atoms with Gasteiger partial charge in [0, 0.05) is 20.6 Å². The molecule has 2 rings (SSSR count). The molecule has 0 saturated heterocycles. The second kappa shape index (κ2) is 9.17. The maximum Gasteiger partial charge on any atom is 0.416 e. The summed E-state index contributed by atoms with van der Waals surface area (Å²) in [5.41, 5.74) is 0.898. The summed E-state index contributed by atoms with van der Waals surface area (Å²) in [6.45, 7) is -0.266. The first-order valence-electron chi connectivity index (χ1n) is 7.84. The normalized spacial score (nSPS) is 13.0. The summed E-state index contributed by atoms with van der Waals surface area (Å²) in [6, 6.07) is 3.86. The minimum absolute atomic E-state index is 0.0111. The number of nitrogens with zero attached hydrogens (tertiary/aromatic N) is 4. The number of hydrogen-bond donors (Lipinski definition) is 3. The molecule has 0 atom stereocenters. The van der Waals surface area contributed by atoms with Crippen LogP contribution in [-0.4, -0.2) is 61.3 Å². The number of rotatable bonds is 8. The fourth-order valence-electron chi connectivity index (χ4n) is 1.87. The molecule has 0 fully saturated rings. The predicted octanol–water partition coefficient (Wildman–Crippen LogP) is 1.38. The van der Waals surface area contributed by atoms with Gasteiger partial charge in [0.25, 0.3) is 0 Å². The van der Waals surface area contributed by atoms with Gasteiger partial charge in [-0.2, -0.15) is 25.9 Å². The van der Waals surface area contributed by atoms with Gasteiger partial charge in [0.15, 0.2) is 11.5 Å². The lowest BCUT2D eigenvalue weighted by Gasteiger charge is -2.11. The molecule has 0 spiro atoms. The molecule has 0 saturated carbocycles. The van der Waals surface area contributed by atoms with Crippen LogP contribution in [-0.2, 0) is 20.7 Å². The monoisotopic (exact) mass is 438 g/mol. The number of benzene rings is 1. The number of anilines is 1. The first kappa shape index (κ1) is 22.5. The zero-order chi connectivity index (χ0) is 21.7. The van der Waals surface area contributed by atoms with Crippen molar-refractivity contribution in [1.29, 1.82) is 0 Å². The third-order valence-electron chi connectivity index (χ3n) is 3.33. The van der Waals surface area contributed by atoms with Crippen LogP contribution in [0.5, 0.6) is 0 Å². The van der Waals surface area contributed by atoms with Gasteiger partial charge in [0.1, 0.15) is 0 Å². The van der Waals surface area contributed by atoms with Gasteiger partial charge in [-0.05, 0) is 34.6 Å². The smallest absolute Gasteiger partial charge is 0.363 e. The molecule has 0 radical (unpaired) electrons. The van der Waals surface area contributed by atoms with E-state index in [1.807, 2.05) is 0 Å². The molecule has 1 aromatic heterocycles. The molecule has 29 heavy (non-hydrogen) atoms. The summed E-state index contributed by atoms with van der Waals surface area (Å²) in [5.74, 6) is -0.279. The van der Waals surface area contributed by atoms with E-state index in [0.29, 0.717) is 0 Å².